The van der Waals surface area contributed by atoms with Crippen LogP contribution in [0.3, 0.4) is 0 Å². The number of amides is 1. The normalized spacial score (nSPS) is 16.8. The summed E-state index contributed by atoms with van der Waals surface area (Å²) in [5.41, 5.74) is 4.94. The number of fused-ring (bicyclic) bond motifs is 2. The lowest BCUT2D eigenvalue weighted by Crippen LogP contribution is -2.35. The number of aromatic amines is 1. The fourth-order valence-electron chi connectivity index (χ4n) is 4.94. The number of pyridine rings is 1. The summed E-state index contributed by atoms with van der Waals surface area (Å²) in [6.45, 7) is 2.37. The van der Waals surface area contributed by atoms with E-state index in [1.807, 2.05) is 33.2 Å². The van der Waals surface area contributed by atoms with Gasteiger partial charge in [-0.05, 0) is 49.8 Å². The standard InChI is InChI=1S/C27H28N4O5/c1-5-29-27(33)36-24-9-15-6-7-16(8-17(15)26(24)31(2)3)20-11-22(32)18-10-19(25-13-28-14-35-25)23(34-4)12-21(18)30-20/h6-8,10-14,24,26H,5,9H2,1-4H3,(H,29,33)(H,30,32). The zero-order valence-corrected chi connectivity index (χ0v) is 20.6. The first-order valence-electron chi connectivity index (χ1n) is 11.8. The zero-order valence-electron chi connectivity index (χ0n) is 20.6. The smallest absolute Gasteiger partial charge is 0.407 e. The van der Waals surface area contributed by atoms with Gasteiger partial charge in [-0.3, -0.25) is 9.69 Å². The molecule has 0 saturated heterocycles. The van der Waals surface area contributed by atoms with E-state index < -0.39 is 6.09 Å². The number of nitrogens with zero attached hydrogens (tertiary/aromatic N) is 2. The Morgan fingerprint density at radius 1 is 1.25 bits per heavy atom. The average Bonchev–Trinajstić information content (AvgIpc) is 3.50. The summed E-state index contributed by atoms with van der Waals surface area (Å²) in [5, 5.41) is 3.22. The van der Waals surface area contributed by atoms with Crippen molar-refractivity contribution in [3.05, 3.63) is 70.3 Å². The molecule has 0 spiro atoms. The minimum absolute atomic E-state index is 0.0979. The first kappa shape index (κ1) is 23.6. The quantitative estimate of drug-likeness (QED) is 0.420. The summed E-state index contributed by atoms with van der Waals surface area (Å²) < 4.78 is 16.7. The molecule has 2 aromatic heterocycles. The van der Waals surface area contributed by atoms with Crippen LogP contribution in [0.4, 0.5) is 4.79 Å². The van der Waals surface area contributed by atoms with Gasteiger partial charge in [-0.25, -0.2) is 9.78 Å². The summed E-state index contributed by atoms with van der Waals surface area (Å²) in [4.78, 5) is 34.7. The molecule has 9 nitrogen and oxygen atoms in total. The monoisotopic (exact) mass is 488 g/mol. The van der Waals surface area contributed by atoms with Crippen molar-refractivity contribution in [3.63, 3.8) is 0 Å². The topological polar surface area (TPSA) is 110 Å². The van der Waals surface area contributed by atoms with Crippen LogP contribution in [0.1, 0.15) is 24.1 Å². The maximum atomic E-state index is 13.2. The van der Waals surface area contributed by atoms with Crippen molar-refractivity contribution in [2.24, 2.45) is 0 Å². The predicted molar refractivity (Wildman–Crippen MR) is 136 cm³/mol. The number of oxazole rings is 1. The van der Waals surface area contributed by atoms with Gasteiger partial charge >= 0.3 is 6.09 Å². The Hall–Kier alpha value is -4.11. The van der Waals surface area contributed by atoms with E-state index in [-0.39, 0.29) is 17.6 Å². The summed E-state index contributed by atoms with van der Waals surface area (Å²) >= 11 is 0. The lowest BCUT2D eigenvalue weighted by molar-refractivity contribution is 0.0538. The van der Waals surface area contributed by atoms with E-state index in [0.29, 0.717) is 46.6 Å². The highest BCUT2D eigenvalue weighted by Crippen LogP contribution is 2.39. The number of methoxy groups -OCH3 is 1. The van der Waals surface area contributed by atoms with E-state index in [1.165, 1.54) is 6.39 Å². The van der Waals surface area contributed by atoms with Crippen molar-refractivity contribution in [2.45, 2.75) is 25.5 Å². The molecule has 2 aromatic carbocycles. The Labute approximate surface area is 208 Å². The number of hydrogen-bond acceptors (Lipinski definition) is 7. The maximum absolute atomic E-state index is 13.2. The van der Waals surface area contributed by atoms with Crippen molar-refractivity contribution in [1.29, 1.82) is 0 Å². The molecule has 36 heavy (non-hydrogen) atoms. The van der Waals surface area contributed by atoms with Crippen LogP contribution >= 0.6 is 0 Å². The summed E-state index contributed by atoms with van der Waals surface area (Å²) in [7, 11) is 5.51. The summed E-state index contributed by atoms with van der Waals surface area (Å²) in [6.07, 6.45) is 2.84. The fourth-order valence-corrected chi connectivity index (χ4v) is 4.94. The Bertz CT molecular complexity index is 1480. The molecule has 9 heteroatoms. The molecule has 0 radical (unpaired) electrons. The van der Waals surface area contributed by atoms with Gasteiger partial charge in [0, 0.05) is 36.2 Å². The lowest BCUT2D eigenvalue weighted by atomic mass is 10.0. The molecule has 0 aliphatic heterocycles. The molecule has 186 valence electrons. The van der Waals surface area contributed by atoms with Crippen molar-refractivity contribution < 1.29 is 18.7 Å². The maximum Gasteiger partial charge on any atom is 0.407 e. The van der Waals surface area contributed by atoms with Crippen LogP contribution in [0.5, 0.6) is 5.75 Å². The van der Waals surface area contributed by atoms with Gasteiger partial charge in [-0.15, -0.1) is 0 Å². The van der Waals surface area contributed by atoms with Crippen LogP contribution in [0.2, 0.25) is 0 Å². The van der Waals surface area contributed by atoms with Gasteiger partial charge in [0.2, 0.25) is 0 Å². The van der Waals surface area contributed by atoms with Gasteiger partial charge in [0.15, 0.2) is 17.6 Å². The van der Waals surface area contributed by atoms with Crippen LogP contribution in [0, 0.1) is 0 Å². The molecule has 1 aliphatic rings. The molecular formula is C27H28N4O5. The van der Waals surface area contributed by atoms with Crippen molar-refractivity contribution in [3.8, 4) is 28.3 Å². The number of aromatic nitrogens is 2. The Kier molecular flexibility index (Phi) is 6.24. The van der Waals surface area contributed by atoms with Crippen LogP contribution in [-0.4, -0.2) is 54.8 Å². The number of ether oxygens (including phenoxy) is 2. The molecule has 2 atom stereocenters. The predicted octanol–water partition coefficient (Wildman–Crippen LogP) is 4.13. The highest BCUT2D eigenvalue weighted by atomic mass is 16.6. The van der Waals surface area contributed by atoms with Crippen molar-refractivity contribution >= 4 is 17.0 Å². The van der Waals surface area contributed by atoms with E-state index in [1.54, 1.807) is 31.5 Å². The molecule has 1 amide bonds. The molecule has 0 fully saturated rings. The van der Waals surface area contributed by atoms with Crippen LogP contribution in [-0.2, 0) is 11.2 Å². The van der Waals surface area contributed by atoms with Gasteiger partial charge < -0.3 is 24.2 Å². The SMILES string of the molecule is CCNC(=O)OC1Cc2ccc(-c3cc(=O)c4cc(-c5cnco5)c(OC)cc4[nH]3)cc2C1N(C)C. The van der Waals surface area contributed by atoms with E-state index in [9.17, 15) is 9.59 Å². The molecule has 0 bridgehead atoms. The van der Waals surface area contributed by atoms with Crippen LogP contribution in [0.25, 0.3) is 33.5 Å². The Morgan fingerprint density at radius 2 is 2.08 bits per heavy atom. The lowest BCUT2D eigenvalue weighted by Gasteiger charge is -2.27. The van der Waals surface area contributed by atoms with E-state index in [2.05, 4.69) is 26.3 Å². The molecule has 2 N–H and O–H groups in total. The second-order valence-electron chi connectivity index (χ2n) is 9.01. The number of nitrogens with one attached hydrogen (secondary N) is 2. The summed E-state index contributed by atoms with van der Waals surface area (Å²) in [5.74, 6) is 1.09. The number of rotatable bonds is 6. The van der Waals surface area contributed by atoms with Gasteiger partial charge in [0.25, 0.3) is 0 Å². The third kappa shape index (κ3) is 4.22. The Balaban J connectivity index is 1.54. The van der Waals surface area contributed by atoms with Gasteiger partial charge in [0.05, 0.1) is 30.4 Å². The number of carbonyl (C=O) groups excluding carboxylic acids is 1. The average molecular weight is 489 g/mol. The molecule has 2 heterocycles. The number of likely N-dealkylation sites (N-methyl/N-ethyl adjacent to an activating group) is 1. The number of carbonyl (C=O) groups is 1. The largest absolute Gasteiger partial charge is 0.496 e. The third-order valence-corrected chi connectivity index (χ3v) is 6.53. The highest BCUT2D eigenvalue weighted by molar-refractivity contribution is 5.88. The molecule has 2 unspecified atom stereocenters. The van der Waals surface area contributed by atoms with Gasteiger partial charge in [-0.2, -0.15) is 0 Å². The third-order valence-electron chi connectivity index (χ3n) is 6.53. The van der Waals surface area contributed by atoms with E-state index in [0.717, 1.165) is 16.7 Å². The highest BCUT2D eigenvalue weighted by Gasteiger charge is 2.37. The zero-order chi connectivity index (χ0) is 25.4. The second-order valence-corrected chi connectivity index (χ2v) is 9.01. The number of H-pyrrole nitrogens is 1. The van der Waals surface area contributed by atoms with Crippen molar-refractivity contribution in [2.75, 3.05) is 27.7 Å². The van der Waals surface area contributed by atoms with E-state index in [4.69, 9.17) is 13.9 Å². The van der Waals surface area contributed by atoms with Gasteiger partial charge in [0.1, 0.15) is 11.9 Å². The Morgan fingerprint density at radius 3 is 2.78 bits per heavy atom. The molecule has 0 saturated carbocycles. The minimum atomic E-state index is -0.417. The molecular weight excluding hydrogens is 460 g/mol. The molecule has 5 rings (SSSR count). The number of hydrogen-bond donors (Lipinski definition) is 2. The van der Waals surface area contributed by atoms with E-state index >= 15 is 0 Å². The number of benzene rings is 2. The van der Waals surface area contributed by atoms with Crippen LogP contribution < -0.4 is 15.5 Å². The fraction of sp³-hybridized carbons (Fsp3) is 0.296. The molecule has 4 aromatic rings. The summed E-state index contributed by atoms with van der Waals surface area (Å²) in [6, 6.07) is 11.1. The van der Waals surface area contributed by atoms with Gasteiger partial charge in [-0.1, -0.05) is 12.1 Å². The number of alkyl carbamates (subject to hydrolysis) is 1. The molecule has 1 aliphatic carbocycles. The second kappa shape index (κ2) is 9.50. The first-order chi connectivity index (χ1) is 17.4. The first-order valence-corrected chi connectivity index (χ1v) is 11.8. The van der Waals surface area contributed by atoms with Crippen molar-refractivity contribution in [1.82, 2.24) is 20.2 Å². The van der Waals surface area contributed by atoms with Crippen LogP contribution in [0.15, 0.2) is 58.2 Å². The minimum Gasteiger partial charge on any atom is -0.496 e.